The molecule has 2 fully saturated rings. The van der Waals surface area contributed by atoms with E-state index in [4.69, 9.17) is 0 Å². The van der Waals surface area contributed by atoms with Gasteiger partial charge in [0.05, 0.1) is 4.92 Å². The Morgan fingerprint density at radius 2 is 1.95 bits per heavy atom. The van der Waals surface area contributed by atoms with Crippen molar-refractivity contribution in [1.29, 1.82) is 0 Å². The predicted molar refractivity (Wildman–Crippen MR) is 69.8 cm³/mol. The quantitative estimate of drug-likeness (QED) is 0.670. The van der Waals surface area contributed by atoms with Crippen LogP contribution in [0, 0.1) is 22.0 Å². The zero-order valence-corrected chi connectivity index (χ0v) is 10.5. The Bertz CT molecular complexity index is 512. The van der Waals surface area contributed by atoms with E-state index in [0.29, 0.717) is 17.5 Å². The first-order chi connectivity index (χ1) is 9.13. The summed E-state index contributed by atoms with van der Waals surface area (Å²) >= 11 is 0. The molecular weight excluding hydrogens is 244 g/mol. The van der Waals surface area contributed by atoms with Crippen molar-refractivity contribution in [1.82, 2.24) is 5.32 Å². The van der Waals surface area contributed by atoms with Gasteiger partial charge in [-0.15, -0.1) is 0 Å². The van der Waals surface area contributed by atoms with Gasteiger partial charge in [0.15, 0.2) is 0 Å². The molecule has 2 saturated carbocycles. The maximum absolute atomic E-state index is 12.1. The molecule has 2 bridgehead atoms. The first-order valence-electron chi connectivity index (χ1n) is 6.69. The van der Waals surface area contributed by atoms with Gasteiger partial charge < -0.3 is 5.32 Å². The summed E-state index contributed by atoms with van der Waals surface area (Å²) in [5, 5.41) is 13.6. The summed E-state index contributed by atoms with van der Waals surface area (Å²) < 4.78 is 0. The van der Waals surface area contributed by atoms with Gasteiger partial charge in [0.1, 0.15) is 0 Å². The third-order valence-corrected chi connectivity index (χ3v) is 4.39. The fraction of sp³-hybridized carbons (Fsp3) is 0.500. The van der Waals surface area contributed by atoms with Crippen molar-refractivity contribution in [3.05, 3.63) is 39.9 Å². The summed E-state index contributed by atoms with van der Waals surface area (Å²) in [6, 6.07) is 6.06. The number of fused-ring (bicyclic) bond motifs is 2. The highest BCUT2D eigenvalue weighted by atomic mass is 16.6. The van der Waals surface area contributed by atoms with Crippen molar-refractivity contribution in [2.45, 2.75) is 31.7 Å². The Hall–Kier alpha value is -1.91. The van der Waals surface area contributed by atoms with Crippen molar-refractivity contribution < 1.29 is 9.72 Å². The summed E-state index contributed by atoms with van der Waals surface area (Å²) in [4.78, 5) is 22.2. The zero-order valence-electron chi connectivity index (χ0n) is 10.5. The van der Waals surface area contributed by atoms with E-state index in [1.165, 1.54) is 43.5 Å². The number of nitro groups is 1. The summed E-state index contributed by atoms with van der Waals surface area (Å²) in [6.07, 6.45) is 4.85. The fourth-order valence-electron chi connectivity index (χ4n) is 3.41. The van der Waals surface area contributed by atoms with Crippen LogP contribution in [0.5, 0.6) is 0 Å². The van der Waals surface area contributed by atoms with E-state index in [0.717, 1.165) is 12.3 Å². The van der Waals surface area contributed by atoms with Crippen LogP contribution in [0.25, 0.3) is 0 Å². The topological polar surface area (TPSA) is 72.2 Å². The largest absolute Gasteiger partial charge is 0.349 e. The lowest BCUT2D eigenvalue weighted by Gasteiger charge is -2.22. The fourth-order valence-corrected chi connectivity index (χ4v) is 3.41. The average molecular weight is 260 g/mol. The first-order valence-corrected chi connectivity index (χ1v) is 6.69. The molecule has 19 heavy (non-hydrogen) atoms. The molecule has 3 atom stereocenters. The lowest BCUT2D eigenvalue weighted by atomic mass is 9.95. The lowest BCUT2D eigenvalue weighted by molar-refractivity contribution is -0.384. The second-order valence-electron chi connectivity index (χ2n) is 5.56. The minimum Gasteiger partial charge on any atom is -0.349 e. The van der Waals surface area contributed by atoms with Crippen LogP contribution in [-0.2, 0) is 0 Å². The minimum absolute atomic E-state index is 0.0106. The molecule has 2 aliphatic carbocycles. The number of nitro benzene ring substituents is 1. The molecule has 3 rings (SSSR count). The Morgan fingerprint density at radius 3 is 2.47 bits per heavy atom. The van der Waals surface area contributed by atoms with Crippen molar-refractivity contribution in [3.8, 4) is 0 Å². The van der Waals surface area contributed by atoms with Gasteiger partial charge in [0.2, 0.25) is 0 Å². The zero-order chi connectivity index (χ0) is 13.4. The van der Waals surface area contributed by atoms with Crippen LogP contribution in [0.1, 0.15) is 36.0 Å². The number of carbonyl (C=O) groups is 1. The Labute approximate surface area is 111 Å². The third kappa shape index (κ3) is 2.32. The van der Waals surface area contributed by atoms with Gasteiger partial charge >= 0.3 is 0 Å². The smallest absolute Gasteiger partial charge is 0.269 e. The van der Waals surface area contributed by atoms with E-state index in [1.807, 2.05) is 0 Å². The number of carbonyl (C=O) groups excluding carboxylic acids is 1. The van der Waals surface area contributed by atoms with Crippen LogP contribution >= 0.6 is 0 Å². The maximum atomic E-state index is 12.1. The number of amides is 1. The SMILES string of the molecule is O=C(NC1C[C@@H]2CC[C@H]1C2)c1ccc([N+](=O)[O-])cc1. The molecule has 0 aromatic heterocycles. The summed E-state index contributed by atoms with van der Waals surface area (Å²) in [6.45, 7) is 0. The Kier molecular flexibility index (Phi) is 2.97. The normalized spacial score (nSPS) is 28.3. The number of rotatable bonds is 3. The molecule has 0 saturated heterocycles. The standard InChI is InChI=1S/C14H16N2O3/c17-14(10-3-5-12(6-4-10)16(18)19)15-13-8-9-1-2-11(13)7-9/h3-6,9,11,13H,1-2,7-8H2,(H,15,17)/t9-,11+,13?/m1/s1. The molecule has 1 aromatic rings. The molecule has 1 unspecified atom stereocenters. The molecule has 1 N–H and O–H groups in total. The summed E-state index contributed by atoms with van der Waals surface area (Å²) in [5.74, 6) is 1.30. The molecule has 0 heterocycles. The second kappa shape index (κ2) is 4.64. The number of hydrogen-bond acceptors (Lipinski definition) is 3. The van der Waals surface area contributed by atoms with E-state index < -0.39 is 4.92 Å². The number of nitrogens with one attached hydrogen (secondary N) is 1. The number of hydrogen-bond donors (Lipinski definition) is 1. The molecule has 0 spiro atoms. The molecule has 100 valence electrons. The van der Waals surface area contributed by atoms with Crippen molar-refractivity contribution in [3.63, 3.8) is 0 Å². The molecule has 0 aliphatic heterocycles. The van der Waals surface area contributed by atoms with Crippen molar-refractivity contribution in [2.75, 3.05) is 0 Å². The summed E-state index contributed by atoms with van der Waals surface area (Å²) in [5.41, 5.74) is 0.504. The summed E-state index contributed by atoms with van der Waals surface area (Å²) in [7, 11) is 0. The number of benzene rings is 1. The lowest BCUT2D eigenvalue weighted by Crippen LogP contribution is -2.38. The molecule has 5 heteroatoms. The van der Waals surface area contributed by atoms with Crippen LogP contribution in [0.2, 0.25) is 0 Å². The van der Waals surface area contributed by atoms with Crippen molar-refractivity contribution in [2.24, 2.45) is 11.8 Å². The molecular formula is C14H16N2O3. The van der Waals surface area contributed by atoms with Crippen LogP contribution in [0.4, 0.5) is 5.69 Å². The molecule has 0 radical (unpaired) electrons. The third-order valence-electron chi connectivity index (χ3n) is 4.39. The van der Waals surface area contributed by atoms with Crippen LogP contribution in [-0.4, -0.2) is 16.9 Å². The second-order valence-corrected chi connectivity index (χ2v) is 5.56. The van der Waals surface area contributed by atoms with Gasteiger partial charge in [-0.2, -0.15) is 0 Å². The monoisotopic (exact) mass is 260 g/mol. The van der Waals surface area contributed by atoms with Gasteiger partial charge in [-0.3, -0.25) is 14.9 Å². The highest BCUT2D eigenvalue weighted by Crippen LogP contribution is 2.44. The number of nitrogens with zero attached hydrogens (tertiary/aromatic N) is 1. The van der Waals surface area contributed by atoms with Crippen LogP contribution < -0.4 is 5.32 Å². The van der Waals surface area contributed by atoms with E-state index in [9.17, 15) is 14.9 Å². The van der Waals surface area contributed by atoms with E-state index in [1.54, 1.807) is 0 Å². The maximum Gasteiger partial charge on any atom is 0.269 e. The molecule has 2 aliphatic rings. The van der Waals surface area contributed by atoms with Gasteiger partial charge in [-0.05, 0) is 43.2 Å². The van der Waals surface area contributed by atoms with E-state index in [-0.39, 0.29) is 11.6 Å². The molecule has 1 amide bonds. The molecule has 1 aromatic carbocycles. The first kappa shape index (κ1) is 12.1. The van der Waals surface area contributed by atoms with Gasteiger partial charge in [0.25, 0.3) is 11.6 Å². The Morgan fingerprint density at radius 1 is 1.21 bits per heavy atom. The predicted octanol–water partition coefficient (Wildman–Crippen LogP) is 2.51. The van der Waals surface area contributed by atoms with Crippen LogP contribution in [0.15, 0.2) is 24.3 Å². The molecule has 5 nitrogen and oxygen atoms in total. The van der Waals surface area contributed by atoms with E-state index >= 15 is 0 Å². The minimum atomic E-state index is -0.461. The van der Waals surface area contributed by atoms with Gasteiger partial charge in [0, 0.05) is 23.7 Å². The van der Waals surface area contributed by atoms with E-state index in [2.05, 4.69) is 5.32 Å². The van der Waals surface area contributed by atoms with Gasteiger partial charge in [-0.1, -0.05) is 6.42 Å². The highest BCUT2D eigenvalue weighted by Gasteiger charge is 2.40. The highest BCUT2D eigenvalue weighted by molar-refractivity contribution is 5.94. The van der Waals surface area contributed by atoms with Gasteiger partial charge in [-0.25, -0.2) is 0 Å². The average Bonchev–Trinajstić information content (AvgIpc) is 3.01. The van der Waals surface area contributed by atoms with Crippen molar-refractivity contribution >= 4 is 11.6 Å². The Balaban J connectivity index is 1.65. The van der Waals surface area contributed by atoms with Crippen LogP contribution in [0.3, 0.4) is 0 Å². The number of non-ortho nitro benzene ring substituents is 1.